The number of rotatable bonds is 6. The molecule has 0 bridgehead atoms. The number of aryl methyl sites for hydroxylation is 1. The van der Waals surface area contributed by atoms with Crippen molar-refractivity contribution in [2.45, 2.75) is 45.1 Å². The first-order valence-corrected chi connectivity index (χ1v) is 12.0. The molecule has 3 N–H and O–H groups in total. The molecule has 8 heteroatoms. The van der Waals surface area contributed by atoms with E-state index in [1.165, 1.54) is 6.07 Å². The number of carbonyl (C=O) groups excluding carboxylic acids is 1. The van der Waals surface area contributed by atoms with Gasteiger partial charge >= 0.3 is 5.97 Å². The SMILES string of the molecule is Cc1cc(-c2n[nH]c3ccc(C(=O)NC4CCCC(Cc5ccccc5F)(C(=O)O)C4)cc23)ccn1. The lowest BCUT2D eigenvalue weighted by Gasteiger charge is -2.38. The quantitative estimate of drug-likeness (QED) is 0.353. The molecule has 36 heavy (non-hydrogen) atoms. The van der Waals surface area contributed by atoms with Gasteiger partial charge in [-0.1, -0.05) is 24.6 Å². The van der Waals surface area contributed by atoms with Crippen LogP contribution in [0.1, 0.15) is 47.3 Å². The van der Waals surface area contributed by atoms with Crippen LogP contribution in [0.25, 0.3) is 22.2 Å². The van der Waals surface area contributed by atoms with Gasteiger partial charge in [-0.3, -0.25) is 19.7 Å². The van der Waals surface area contributed by atoms with Crippen molar-refractivity contribution in [3.05, 3.63) is 83.4 Å². The molecule has 0 radical (unpaired) electrons. The number of fused-ring (bicyclic) bond motifs is 1. The Kier molecular flexibility index (Phi) is 6.26. The van der Waals surface area contributed by atoms with Crippen LogP contribution in [0.5, 0.6) is 0 Å². The summed E-state index contributed by atoms with van der Waals surface area (Å²) in [4.78, 5) is 29.8. The number of carboxylic acids is 1. The Labute approximate surface area is 207 Å². The number of hydrogen-bond donors (Lipinski definition) is 3. The average molecular weight is 487 g/mol. The molecule has 1 aliphatic carbocycles. The molecule has 4 aromatic rings. The van der Waals surface area contributed by atoms with Gasteiger partial charge < -0.3 is 10.4 Å². The Balaban J connectivity index is 1.37. The summed E-state index contributed by atoms with van der Waals surface area (Å²) in [6.45, 7) is 1.91. The molecular weight excluding hydrogens is 459 g/mol. The summed E-state index contributed by atoms with van der Waals surface area (Å²) in [6, 6.07) is 15.1. The van der Waals surface area contributed by atoms with Crippen molar-refractivity contribution in [1.82, 2.24) is 20.5 Å². The number of amides is 1. The lowest BCUT2D eigenvalue weighted by molar-refractivity contribution is -0.151. The maximum atomic E-state index is 14.3. The van der Waals surface area contributed by atoms with Gasteiger partial charge in [0, 0.05) is 34.4 Å². The van der Waals surface area contributed by atoms with Gasteiger partial charge in [-0.05, 0) is 74.6 Å². The van der Waals surface area contributed by atoms with Crippen molar-refractivity contribution in [3.8, 4) is 11.3 Å². The molecule has 184 valence electrons. The average Bonchev–Trinajstić information content (AvgIpc) is 3.29. The molecule has 2 aromatic heterocycles. The molecule has 7 nitrogen and oxygen atoms in total. The van der Waals surface area contributed by atoms with E-state index in [0.29, 0.717) is 30.4 Å². The third-order valence-electron chi connectivity index (χ3n) is 7.12. The molecule has 0 spiro atoms. The summed E-state index contributed by atoms with van der Waals surface area (Å²) in [5.41, 5.74) is 3.04. The van der Waals surface area contributed by atoms with E-state index < -0.39 is 17.2 Å². The fourth-order valence-electron chi connectivity index (χ4n) is 5.26. The predicted octanol–water partition coefficient (Wildman–Crippen LogP) is 5.06. The highest BCUT2D eigenvalue weighted by atomic mass is 19.1. The lowest BCUT2D eigenvalue weighted by Crippen LogP contribution is -2.46. The van der Waals surface area contributed by atoms with E-state index in [4.69, 9.17) is 0 Å². The largest absolute Gasteiger partial charge is 0.481 e. The van der Waals surface area contributed by atoms with E-state index in [9.17, 15) is 19.1 Å². The number of pyridine rings is 1. The Morgan fingerprint density at radius 1 is 1.19 bits per heavy atom. The first kappa shape index (κ1) is 23.7. The van der Waals surface area contributed by atoms with Crippen molar-refractivity contribution in [2.75, 3.05) is 0 Å². The van der Waals surface area contributed by atoms with Crippen molar-refractivity contribution in [3.63, 3.8) is 0 Å². The number of benzene rings is 2. The van der Waals surface area contributed by atoms with Crippen LogP contribution in [0.4, 0.5) is 4.39 Å². The molecule has 1 aliphatic rings. The first-order valence-electron chi connectivity index (χ1n) is 12.0. The second kappa shape index (κ2) is 9.53. The highest BCUT2D eigenvalue weighted by Gasteiger charge is 2.43. The number of nitrogens with one attached hydrogen (secondary N) is 2. The Hall–Kier alpha value is -4.07. The van der Waals surface area contributed by atoms with Crippen molar-refractivity contribution < 1.29 is 19.1 Å². The van der Waals surface area contributed by atoms with Crippen molar-refractivity contribution >= 4 is 22.8 Å². The fourth-order valence-corrected chi connectivity index (χ4v) is 5.26. The van der Waals surface area contributed by atoms with E-state index in [-0.39, 0.29) is 24.8 Å². The first-order chi connectivity index (χ1) is 17.3. The molecule has 1 amide bonds. The molecule has 2 aromatic carbocycles. The molecule has 1 saturated carbocycles. The summed E-state index contributed by atoms with van der Waals surface area (Å²) in [5, 5.41) is 21.4. The standard InChI is InChI=1S/C28H27FN4O3/c1-17-13-18(10-12-30-17)25-22-14-19(8-9-24(22)32-33-25)26(34)31-21-6-4-11-28(16-21,27(35)36)15-20-5-2-3-7-23(20)29/h2-3,5,7-10,12-14,21H,4,6,11,15-16H2,1H3,(H,31,34)(H,32,33)(H,35,36). The van der Waals surface area contributed by atoms with Crippen LogP contribution in [-0.2, 0) is 11.2 Å². The minimum absolute atomic E-state index is 0.0943. The summed E-state index contributed by atoms with van der Waals surface area (Å²) < 4.78 is 14.3. The second-order valence-corrected chi connectivity index (χ2v) is 9.64. The molecule has 1 fully saturated rings. The van der Waals surface area contributed by atoms with E-state index in [1.807, 2.05) is 25.1 Å². The zero-order valence-corrected chi connectivity index (χ0v) is 19.9. The van der Waals surface area contributed by atoms with Crippen molar-refractivity contribution in [2.24, 2.45) is 5.41 Å². The number of carboxylic acid groups (broad SMARTS) is 1. The number of aliphatic carboxylic acids is 1. The van der Waals surface area contributed by atoms with Gasteiger partial charge in [-0.2, -0.15) is 5.10 Å². The van der Waals surface area contributed by atoms with E-state index in [2.05, 4.69) is 20.5 Å². The number of carbonyl (C=O) groups is 2. The van der Waals surface area contributed by atoms with Crippen LogP contribution >= 0.6 is 0 Å². The van der Waals surface area contributed by atoms with Crippen LogP contribution in [0.3, 0.4) is 0 Å². The smallest absolute Gasteiger partial charge is 0.310 e. The third kappa shape index (κ3) is 4.58. The third-order valence-corrected chi connectivity index (χ3v) is 7.12. The molecule has 2 atom stereocenters. The topological polar surface area (TPSA) is 108 Å². The maximum Gasteiger partial charge on any atom is 0.310 e. The Morgan fingerprint density at radius 3 is 2.81 bits per heavy atom. The van der Waals surface area contributed by atoms with Gasteiger partial charge in [0.15, 0.2) is 0 Å². The van der Waals surface area contributed by atoms with E-state index in [0.717, 1.165) is 27.9 Å². The molecule has 5 rings (SSSR count). The number of nitrogens with zero attached hydrogens (tertiary/aromatic N) is 2. The van der Waals surface area contributed by atoms with Gasteiger partial charge in [0.2, 0.25) is 0 Å². The number of halogens is 1. The number of hydrogen-bond acceptors (Lipinski definition) is 4. The molecule has 0 aliphatic heterocycles. The number of aromatic amines is 1. The maximum absolute atomic E-state index is 14.3. The lowest BCUT2D eigenvalue weighted by atomic mass is 9.68. The van der Waals surface area contributed by atoms with Crippen LogP contribution in [-0.4, -0.2) is 38.2 Å². The summed E-state index contributed by atoms with van der Waals surface area (Å²) in [6.07, 6.45) is 3.82. The number of aromatic nitrogens is 3. The minimum atomic E-state index is -1.13. The van der Waals surface area contributed by atoms with Gasteiger partial charge in [0.05, 0.1) is 10.9 Å². The Morgan fingerprint density at radius 2 is 2.03 bits per heavy atom. The molecule has 2 unspecified atom stereocenters. The second-order valence-electron chi connectivity index (χ2n) is 9.64. The minimum Gasteiger partial charge on any atom is -0.481 e. The molecule has 2 heterocycles. The predicted molar refractivity (Wildman–Crippen MR) is 134 cm³/mol. The highest BCUT2D eigenvalue weighted by Crippen LogP contribution is 2.40. The summed E-state index contributed by atoms with van der Waals surface area (Å²) >= 11 is 0. The van der Waals surface area contributed by atoms with Gasteiger partial charge in [0.1, 0.15) is 11.5 Å². The van der Waals surface area contributed by atoms with E-state index in [1.54, 1.807) is 36.5 Å². The van der Waals surface area contributed by atoms with Gasteiger partial charge in [-0.15, -0.1) is 0 Å². The molecular formula is C28H27FN4O3. The zero-order chi connectivity index (χ0) is 25.3. The normalized spacial score (nSPS) is 19.8. The van der Waals surface area contributed by atoms with Gasteiger partial charge in [0.25, 0.3) is 5.91 Å². The molecule has 0 saturated heterocycles. The van der Waals surface area contributed by atoms with Crippen LogP contribution in [0, 0.1) is 18.2 Å². The Bertz CT molecular complexity index is 1450. The monoisotopic (exact) mass is 486 g/mol. The van der Waals surface area contributed by atoms with Crippen LogP contribution < -0.4 is 5.32 Å². The summed E-state index contributed by atoms with van der Waals surface area (Å²) in [5.74, 6) is -1.63. The van der Waals surface area contributed by atoms with Crippen LogP contribution in [0.15, 0.2) is 60.8 Å². The van der Waals surface area contributed by atoms with Gasteiger partial charge in [-0.25, -0.2) is 4.39 Å². The van der Waals surface area contributed by atoms with Crippen LogP contribution in [0.2, 0.25) is 0 Å². The fraction of sp³-hybridized carbons (Fsp3) is 0.286. The highest BCUT2D eigenvalue weighted by molar-refractivity contribution is 6.01. The van der Waals surface area contributed by atoms with E-state index >= 15 is 0 Å². The summed E-state index contributed by atoms with van der Waals surface area (Å²) in [7, 11) is 0. The van der Waals surface area contributed by atoms with Crippen molar-refractivity contribution in [1.29, 1.82) is 0 Å². The number of H-pyrrole nitrogens is 1. The zero-order valence-electron chi connectivity index (χ0n) is 19.9.